The van der Waals surface area contributed by atoms with Crippen molar-refractivity contribution in [1.82, 2.24) is 9.55 Å². The van der Waals surface area contributed by atoms with E-state index < -0.39 is 11.4 Å². The molecule has 1 aromatic heterocycles. The number of allylic oxidation sites excluding steroid dienone is 1. The Labute approximate surface area is 231 Å². The number of Topliss-reactive ketones (excluding diaryl/α,β-unsaturated/α-hetero) is 1. The second-order valence-corrected chi connectivity index (χ2v) is 13.3. The number of hydrogen-bond acceptors (Lipinski definition) is 5. The number of nitrogens with zero attached hydrogens (tertiary/aromatic N) is 2. The summed E-state index contributed by atoms with van der Waals surface area (Å²) in [6, 6.07) is 8.90. The average molecular weight is 531 g/mol. The van der Waals surface area contributed by atoms with E-state index >= 15 is 0 Å². The molecule has 2 heterocycles. The van der Waals surface area contributed by atoms with Crippen LogP contribution < -0.4 is 0 Å². The van der Waals surface area contributed by atoms with E-state index in [0.717, 1.165) is 50.6 Å². The SMILES string of the molecule is CC[C@@H]1CC2C3CC[C@@]4(O)CC5(CCC4=C3[C@@H](c3ccc(-n4ccnc4)cc3)C[C@]2(C)C1C(C)=O)OCCO5. The minimum Gasteiger partial charge on any atom is -0.385 e. The van der Waals surface area contributed by atoms with E-state index in [1.807, 2.05) is 24.0 Å². The van der Waals surface area contributed by atoms with Gasteiger partial charge in [0.2, 0.25) is 0 Å². The molecule has 1 spiro atoms. The highest BCUT2D eigenvalue weighted by Gasteiger charge is 2.63. The second-order valence-electron chi connectivity index (χ2n) is 13.3. The monoisotopic (exact) mass is 530 g/mol. The van der Waals surface area contributed by atoms with Crippen LogP contribution in [0.5, 0.6) is 0 Å². The maximum atomic E-state index is 13.2. The number of carbonyl (C=O) groups is 1. The van der Waals surface area contributed by atoms with Gasteiger partial charge in [0.25, 0.3) is 0 Å². The summed E-state index contributed by atoms with van der Waals surface area (Å²) in [5.41, 5.74) is 4.22. The number of ether oxygens (including phenoxy) is 2. The van der Waals surface area contributed by atoms with Gasteiger partial charge in [0.05, 0.1) is 25.1 Å². The third-order valence-electron chi connectivity index (χ3n) is 11.5. The van der Waals surface area contributed by atoms with Crippen molar-refractivity contribution in [2.75, 3.05) is 13.2 Å². The largest absolute Gasteiger partial charge is 0.385 e. The third kappa shape index (κ3) is 3.85. The molecule has 1 aliphatic heterocycles. The molecular weight excluding hydrogens is 488 g/mol. The smallest absolute Gasteiger partial charge is 0.171 e. The molecule has 6 heteroatoms. The van der Waals surface area contributed by atoms with Gasteiger partial charge in [0.15, 0.2) is 5.79 Å². The van der Waals surface area contributed by atoms with Gasteiger partial charge < -0.3 is 19.1 Å². The lowest BCUT2D eigenvalue weighted by Gasteiger charge is -2.56. The molecule has 5 aliphatic rings. The fourth-order valence-electron chi connectivity index (χ4n) is 9.98. The van der Waals surface area contributed by atoms with E-state index in [0.29, 0.717) is 43.2 Å². The first-order valence-electron chi connectivity index (χ1n) is 15.1. The molecule has 3 unspecified atom stereocenters. The molecule has 0 bridgehead atoms. The summed E-state index contributed by atoms with van der Waals surface area (Å²) in [5, 5.41) is 12.3. The van der Waals surface area contributed by atoms with Gasteiger partial charge in [-0.1, -0.05) is 38.0 Å². The van der Waals surface area contributed by atoms with Crippen LogP contribution >= 0.6 is 0 Å². The number of rotatable bonds is 4. The predicted octanol–water partition coefficient (Wildman–Crippen LogP) is 5.98. The number of ketones is 1. The molecule has 1 saturated heterocycles. The van der Waals surface area contributed by atoms with Crippen molar-refractivity contribution in [2.45, 2.75) is 89.4 Å². The van der Waals surface area contributed by atoms with E-state index in [2.05, 4.69) is 43.1 Å². The van der Waals surface area contributed by atoms with Gasteiger partial charge in [-0.15, -0.1) is 0 Å². The summed E-state index contributed by atoms with van der Waals surface area (Å²) in [5.74, 6) is 1.39. The van der Waals surface area contributed by atoms with Crippen molar-refractivity contribution in [3.63, 3.8) is 0 Å². The zero-order chi connectivity index (χ0) is 27.0. The van der Waals surface area contributed by atoms with Crippen LogP contribution in [0.3, 0.4) is 0 Å². The lowest BCUT2D eigenvalue weighted by Crippen LogP contribution is -2.53. The number of imidazole rings is 1. The van der Waals surface area contributed by atoms with Crippen LogP contribution in [-0.4, -0.2) is 45.0 Å². The standard InChI is InChI=1S/C33H42N2O4/c1-4-22-17-28-25-9-11-32(37)19-33(38-15-16-39-33)12-10-27(32)29(25)26(18-31(28,3)30(22)21(2)36)23-5-7-24(8-6-23)35-14-13-34-20-35/h5-8,13-14,20,22,25-26,28,30,37H,4,9-12,15-19H2,1-3H3/t22-,25?,26-,28?,30?,31+,32-/m1/s1. The first-order chi connectivity index (χ1) is 18.8. The highest BCUT2D eigenvalue weighted by molar-refractivity contribution is 5.80. The molecule has 208 valence electrons. The van der Waals surface area contributed by atoms with Crippen molar-refractivity contribution in [1.29, 1.82) is 0 Å². The molecule has 39 heavy (non-hydrogen) atoms. The predicted molar refractivity (Wildman–Crippen MR) is 148 cm³/mol. The zero-order valence-electron chi connectivity index (χ0n) is 23.6. The van der Waals surface area contributed by atoms with Crippen molar-refractivity contribution in [2.24, 2.45) is 29.1 Å². The van der Waals surface area contributed by atoms with Crippen LogP contribution in [0, 0.1) is 29.1 Å². The topological polar surface area (TPSA) is 73.6 Å². The molecule has 7 rings (SSSR count). The van der Waals surface area contributed by atoms with Crippen molar-refractivity contribution in [3.05, 3.63) is 59.7 Å². The second kappa shape index (κ2) is 9.12. The minimum atomic E-state index is -0.875. The highest BCUT2D eigenvalue weighted by atomic mass is 16.7. The van der Waals surface area contributed by atoms with Crippen LogP contribution in [0.25, 0.3) is 5.69 Å². The fourth-order valence-corrected chi connectivity index (χ4v) is 9.98. The molecule has 6 nitrogen and oxygen atoms in total. The Hall–Kier alpha value is -2.28. The van der Waals surface area contributed by atoms with E-state index in [-0.39, 0.29) is 17.3 Å². The summed E-state index contributed by atoms with van der Waals surface area (Å²) in [6.07, 6.45) is 12.6. The first kappa shape index (κ1) is 25.7. The minimum absolute atomic E-state index is 0.0298. The van der Waals surface area contributed by atoms with Crippen LogP contribution in [0.1, 0.15) is 83.6 Å². The normalized spacial score (nSPS) is 38.9. The van der Waals surface area contributed by atoms with Gasteiger partial charge in [-0.3, -0.25) is 4.79 Å². The van der Waals surface area contributed by atoms with Crippen LogP contribution in [0.4, 0.5) is 0 Å². The maximum absolute atomic E-state index is 13.2. The Bertz CT molecular complexity index is 1280. The molecule has 0 amide bonds. The molecule has 1 N–H and O–H groups in total. The fraction of sp³-hybridized carbons (Fsp3) is 0.636. The Morgan fingerprint density at radius 2 is 1.95 bits per heavy atom. The maximum Gasteiger partial charge on any atom is 0.171 e. The van der Waals surface area contributed by atoms with Crippen molar-refractivity contribution in [3.8, 4) is 5.69 Å². The number of aromatic nitrogens is 2. The Balaban J connectivity index is 1.35. The molecule has 1 aromatic carbocycles. The van der Waals surface area contributed by atoms with E-state index in [4.69, 9.17) is 9.47 Å². The highest BCUT2D eigenvalue weighted by Crippen LogP contribution is 2.68. The number of hydrogen-bond donors (Lipinski definition) is 1. The quantitative estimate of drug-likeness (QED) is 0.492. The average Bonchev–Trinajstić information content (AvgIpc) is 3.67. The molecule has 0 radical (unpaired) electrons. The van der Waals surface area contributed by atoms with Gasteiger partial charge in [0, 0.05) is 42.8 Å². The summed E-state index contributed by atoms with van der Waals surface area (Å²) in [7, 11) is 0. The van der Waals surface area contributed by atoms with Crippen LogP contribution in [-0.2, 0) is 14.3 Å². The lowest BCUT2D eigenvalue weighted by molar-refractivity contribution is -0.208. The van der Waals surface area contributed by atoms with Gasteiger partial charge in [-0.05, 0) is 85.5 Å². The molecular formula is C33H42N2O4. The number of carbonyl (C=O) groups excluding carboxylic acids is 1. The Morgan fingerprint density at radius 3 is 2.62 bits per heavy atom. The summed E-state index contributed by atoms with van der Waals surface area (Å²) >= 11 is 0. The molecule has 4 aliphatic carbocycles. The van der Waals surface area contributed by atoms with Crippen molar-refractivity contribution < 1.29 is 19.4 Å². The van der Waals surface area contributed by atoms with Gasteiger partial charge >= 0.3 is 0 Å². The van der Waals surface area contributed by atoms with Gasteiger partial charge in [0.1, 0.15) is 5.78 Å². The molecule has 2 aromatic rings. The third-order valence-corrected chi connectivity index (χ3v) is 11.5. The molecule has 3 saturated carbocycles. The van der Waals surface area contributed by atoms with E-state index in [1.165, 1.54) is 16.7 Å². The summed E-state index contributed by atoms with van der Waals surface area (Å²) in [4.78, 5) is 17.4. The van der Waals surface area contributed by atoms with Crippen LogP contribution in [0.15, 0.2) is 54.1 Å². The Morgan fingerprint density at radius 1 is 1.18 bits per heavy atom. The van der Waals surface area contributed by atoms with Crippen LogP contribution in [0.2, 0.25) is 0 Å². The van der Waals surface area contributed by atoms with Gasteiger partial charge in [-0.25, -0.2) is 4.98 Å². The van der Waals surface area contributed by atoms with Gasteiger partial charge in [-0.2, -0.15) is 0 Å². The molecule has 4 fully saturated rings. The lowest BCUT2D eigenvalue weighted by atomic mass is 9.50. The number of aliphatic hydroxyl groups is 1. The van der Waals surface area contributed by atoms with E-state index in [9.17, 15) is 9.90 Å². The summed E-state index contributed by atoms with van der Waals surface area (Å²) in [6.45, 7) is 7.73. The van der Waals surface area contributed by atoms with Crippen molar-refractivity contribution >= 4 is 5.78 Å². The summed E-state index contributed by atoms with van der Waals surface area (Å²) < 4.78 is 14.2. The zero-order valence-corrected chi connectivity index (χ0v) is 23.6. The first-order valence-corrected chi connectivity index (χ1v) is 15.1. The number of fused-ring (bicyclic) bond motifs is 4. The molecule has 7 atom stereocenters. The number of benzene rings is 1. The van der Waals surface area contributed by atoms with E-state index in [1.54, 1.807) is 6.20 Å². The Kier molecular flexibility index (Phi) is 6.00.